The first-order chi connectivity index (χ1) is 45.7. The predicted molar refractivity (Wildman–Crippen MR) is 305 cm³/mol. The van der Waals surface area contributed by atoms with E-state index in [1.54, 1.807) is 4.72 Å². The van der Waals surface area contributed by atoms with Gasteiger partial charge in [0.1, 0.15) is 31.8 Å². The number of hydrogen-bond donors (Lipinski definition) is 8. The lowest BCUT2D eigenvalue weighted by Crippen LogP contribution is -2.57. The molecule has 1 aliphatic carbocycles. The highest BCUT2D eigenvalue weighted by atomic mass is 35.5. The first-order valence-corrected chi connectivity index (χ1v) is 31.6. The molecule has 9 rings (SSSR count). The van der Waals surface area contributed by atoms with E-state index in [-0.39, 0.29) is 43.3 Å². The van der Waals surface area contributed by atoms with Crippen LogP contribution in [-0.2, 0) is 51.1 Å². The zero-order valence-corrected chi connectivity index (χ0v) is 51.0. The molecule has 3 unspecified atom stereocenters. The second-order valence-corrected chi connectivity index (χ2v) is 26.5. The van der Waals surface area contributed by atoms with Gasteiger partial charge in [0.05, 0.1) is 46.3 Å². The van der Waals surface area contributed by atoms with Crippen molar-refractivity contribution in [3.63, 3.8) is 0 Å². The van der Waals surface area contributed by atoms with Gasteiger partial charge in [0.25, 0.3) is 35.5 Å². The zero-order valence-electron chi connectivity index (χ0n) is 52.3. The van der Waals surface area contributed by atoms with Crippen molar-refractivity contribution in [3.05, 3.63) is 139 Å². The minimum absolute atomic E-state index is 0.0746. The highest BCUT2D eigenvalue weighted by Crippen LogP contribution is 2.37. The van der Waals surface area contributed by atoms with Crippen molar-refractivity contribution in [2.24, 2.45) is 21.0 Å². The molecule has 0 bridgehead atoms. The summed E-state index contributed by atoms with van der Waals surface area (Å²) in [4.78, 5) is 35.4. The van der Waals surface area contributed by atoms with Crippen LogP contribution in [0, 0.1) is 52.4 Å². The van der Waals surface area contributed by atoms with E-state index in [9.17, 15) is 105 Å². The SMILES string of the molecule is [2H]C([2H])([2H])n1cc(S(=O)(=O)NC2CCNCC2(F)F)c(Cl)c1C(=O)Nc1cc(F)c(F)c(F)c1.[2H]C([2H])n1cc(S(=O)(=O)NC2CCNCC2(F)F)c(Cl)c1C(=O)Nc1cc(F)c(F)c(F)c1.[2H]Cn1cc(S(=O)(=O)NC2CCCCC2(F)F)c(Cl)c1C(=O)Nc1cc(F)c(F)c(F)c1. The fourth-order valence-corrected chi connectivity index (χ4v) is 14.8. The Morgan fingerprint density at radius 1 is 0.484 bits per heavy atom. The van der Waals surface area contributed by atoms with Crippen LogP contribution in [0.25, 0.3) is 0 Å². The average molecular weight is 1470 g/mol. The van der Waals surface area contributed by atoms with Gasteiger partial charge >= 0.3 is 0 Å². The van der Waals surface area contributed by atoms with Gasteiger partial charge in [0, 0.05) is 108 Å². The Balaban J connectivity index is 0.000000209. The Labute approximate surface area is 541 Å². The summed E-state index contributed by atoms with van der Waals surface area (Å²) < 4.78 is 333. The number of rotatable bonds is 15. The number of benzene rings is 3. The number of nitrogens with one attached hydrogen (secondary N) is 8. The maximum absolute atomic E-state index is 14.1. The Morgan fingerprint density at radius 3 is 1.11 bits per heavy atom. The van der Waals surface area contributed by atoms with Crippen LogP contribution in [0.5, 0.6) is 0 Å². The van der Waals surface area contributed by atoms with Gasteiger partial charge in [-0.25, -0.2) is 105 Å². The number of halogens is 18. The number of piperidine rings is 2. The first-order valence-electron chi connectivity index (χ1n) is 29.4. The maximum atomic E-state index is 14.1. The Bertz CT molecular complexity index is 4400. The molecule has 3 amide bonds. The number of anilines is 3. The summed E-state index contributed by atoms with van der Waals surface area (Å²) in [5, 5.41) is 8.29. The first kappa shape index (κ1) is 65.1. The highest BCUT2D eigenvalue weighted by molar-refractivity contribution is 7.90. The summed E-state index contributed by atoms with van der Waals surface area (Å²) in [6.07, 6.45) is 1.42. The number of aromatic nitrogens is 3. The van der Waals surface area contributed by atoms with Gasteiger partial charge in [0.15, 0.2) is 52.4 Å². The molecule has 20 nitrogen and oxygen atoms in total. The minimum Gasteiger partial charge on any atom is -0.344 e. The molecule has 0 spiro atoms. The lowest BCUT2D eigenvalue weighted by atomic mass is 9.92. The maximum Gasteiger partial charge on any atom is 0.276 e. The molecule has 41 heteroatoms. The van der Waals surface area contributed by atoms with E-state index in [0.29, 0.717) is 59.8 Å². The normalized spacial score (nSPS) is 19.8. The van der Waals surface area contributed by atoms with Crippen LogP contribution in [-0.4, -0.2) is 119 Å². The Kier molecular flexibility index (Phi) is 19.8. The molecule has 3 fully saturated rings. The smallest absolute Gasteiger partial charge is 0.276 e. The molecule has 510 valence electrons. The third-order valence-corrected chi connectivity index (χ3v) is 19.6. The van der Waals surface area contributed by atoms with E-state index >= 15 is 0 Å². The summed E-state index contributed by atoms with van der Waals surface area (Å²) in [7, 11) is -14.9. The van der Waals surface area contributed by atoms with E-state index in [2.05, 4.69) is 10.6 Å². The predicted octanol–water partition coefficient (Wildman–Crippen LogP) is 9.45. The summed E-state index contributed by atoms with van der Waals surface area (Å²) in [5.74, 6) is -29.1. The lowest BCUT2D eigenvalue weighted by molar-refractivity contribution is -0.0567. The molecule has 3 atom stereocenters. The molecule has 0 radical (unpaired) electrons. The second-order valence-electron chi connectivity index (χ2n) is 20.3. The van der Waals surface area contributed by atoms with Crippen molar-refractivity contribution in [2.45, 2.75) is 89.1 Å². The summed E-state index contributed by atoms with van der Waals surface area (Å²) in [6, 6.07) is -2.65. The van der Waals surface area contributed by atoms with Crippen molar-refractivity contribution in [1.29, 1.82) is 0 Å². The van der Waals surface area contributed by atoms with Crippen LogP contribution >= 0.6 is 34.8 Å². The topological polar surface area (TPSA) is 265 Å². The number of carbonyl (C=O) groups excluding carboxylic acids is 3. The third kappa shape index (κ3) is 16.7. The molecule has 93 heavy (non-hydrogen) atoms. The quantitative estimate of drug-likeness (QED) is 0.0354. The second kappa shape index (κ2) is 28.4. The van der Waals surface area contributed by atoms with Crippen LogP contribution in [0.1, 0.15) is 78.2 Å². The molecule has 1 saturated carbocycles. The summed E-state index contributed by atoms with van der Waals surface area (Å²) in [5.41, 5.74) is -4.00. The largest absolute Gasteiger partial charge is 0.344 e. The van der Waals surface area contributed by atoms with E-state index in [1.165, 1.54) is 0 Å². The number of carbonyl (C=O) groups is 3. The van der Waals surface area contributed by atoms with Gasteiger partial charge in [-0.05, 0) is 38.8 Å². The van der Waals surface area contributed by atoms with Crippen molar-refractivity contribution >= 4 is 99.7 Å². The molecule has 3 aromatic carbocycles. The van der Waals surface area contributed by atoms with Crippen LogP contribution in [0.3, 0.4) is 0 Å². The van der Waals surface area contributed by atoms with E-state index in [4.69, 9.17) is 43.0 Å². The number of hydrogen-bond acceptors (Lipinski definition) is 11. The fraction of sp³-hybridized carbons (Fsp3) is 0.365. The van der Waals surface area contributed by atoms with Crippen LogP contribution in [0.15, 0.2) is 69.7 Å². The summed E-state index contributed by atoms with van der Waals surface area (Å²) >= 11 is 18.1. The van der Waals surface area contributed by atoms with Gasteiger partial charge in [-0.3, -0.25) is 14.4 Å². The highest BCUT2D eigenvalue weighted by Gasteiger charge is 2.47. The molecular weight excluding hydrogens is 1410 g/mol. The van der Waals surface area contributed by atoms with E-state index in [0.717, 1.165) is 10.8 Å². The number of aryl methyl sites for hydroxylation is 3. The fourth-order valence-electron chi connectivity index (χ4n) is 9.07. The molecule has 8 N–H and O–H groups in total. The Hall–Kier alpha value is -6.62. The number of nitrogens with zero attached hydrogens (tertiary/aromatic N) is 3. The monoisotopic (exact) mass is 1460 g/mol. The van der Waals surface area contributed by atoms with Gasteiger partial charge in [-0.1, -0.05) is 41.2 Å². The van der Waals surface area contributed by atoms with Gasteiger partial charge < -0.3 is 40.3 Å². The third-order valence-electron chi connectivity index (χ3n) is 13.7. The Morgan fingerprint density at radius 2 is 0.796 bits per heavy atom. The minimum atomic E-state index is -4.86. The van der Waals surface area contributed by atoms with Crippen molar-refractivity contribution < 1.29 is 114 Å². The van der Waals surface area contributed by atoms with Gasteiger partial charge in [-0.15, -0.1) is 0 Å². The van der Waals surface area contributed by atoms with Gasteiger partial charge in [0.2, 0.25) is 30.1 Å². The van der Waals surface area contributed by atoms with Crippen LogP contribution in [0.2, 0.25) is 15.1 Å². The van der Waals surface area contributed by atoms with E-state index < -0.39 is 240 Å². The lowest BCUT2D eigenvalue weighted by Gasteiger charge is -2.32. The van der Waals surface area contributed by atoms with Crippen molar-refractivity contribution in [3.8, 4) is 0 Å². The standard InChI is InChI=1S/C18H17ClF5N3O3S.2C17H16ClF5N4O3S/c1-27-8-12(31(29,30)26-13-4-2-3-5-18(13,23)24)14(19)16(27)17(28)25-9-6-10(20)15(22)11(21)7-9;2*1-27-6-11(31(29,30)26-12-2-3-24-7-17(12,22)23)13(18)15(27)16(28)25-8-4-9(19)14(21)10(20)5-8/h6-8,13,26H,2-5H2,1H3,(H,25,28);2*4-6,12,24,26H,2-3,7H2,1H3,(H,25,28)/i1D;1D3;1D2. The van der Waals surface area contributed by atoms with Crippen LogP contribution < -0.4 is 40.8 Å². The summed E-state index contributed by atoms with van der Waals surface area (Å²) in [6.45, 7) is -6.59. The van der Waals surface area contributed by atoms with E-state index in [1.807, 2.05) is 25.4 Å². The van der Waals surface area contributed by atoms with Crippen molar-refractivity contribution in [1.82, 2.24) is 38.5 Å². The molecular formula is C52H49Cl3F15N11O9S3. The van der Waals surface area contributed by atoms with Crippen molar-refractivity contribution in [2.75, 3.05) is 42.1 Å². The number of alkyl halides is 6. The number of amides is 3. The molecule has 2 saturated heterocycles. The molecule has 5 heterocycles. The van der Waals surface area contributed by atoms with Crippen LogP contribution in [0.4, 0.5) is 82.9 Å². The molecule has 3 aromatic heterocycles. The number of sulfonamides is 3. The average Bonchev–Trinajstić information content (AvgIpc) is 1.64. The zero-order chi connectivity index (χ0) is 74.2. The molecule has 6 aromatic rings. The van der Waals surface area contributed by atoms with Gasteiger partial charge in [-0.2, -0.15) is 0 Å². The molecule has 2 aliphatic heterocycles. The molecule has 3 aliphatic rings.